The summed E-state index contributed by atoms with van der Waals surface area (Å²) in [6.45, 7) is 2.27. The second-order valence-corrected chi connectivity index (χ2v) is 7.62. The van der Waals surface area contributed by atoms with E-state index in [-0.39, 0.29) is 0 Å². The third kappa shape index (κ3) is 11.2. The first kappa shape index (κ1) is 13.2. The predicted octanol–water partition coefficient (Wildman–Crippen LogP) is 5.28. The van der Waals surface area contributed by atoms with E-state index in [1.165, 1.54) is 51.4 Å². The molecule has 0 nitrogen and oxygen atoms in total. The summed E-state index contributed by atoms with van der Waals surface area (Å²) in [4.78, 5) is 0. The molecule has 0 aromatic carbocycles. The number of alkyl halides is 2. The minimum absolute atomic E-state index is 0.686. The monoisotopic (exact) mass is 346 g/mol. The second-order valence-electron chi connectivity index (χ2n) is 3.30. The molecular weight excluding hydrogens is 327 g/mol. The van der Waals surface area contributed by atoms with Gasteiger partial charge in [0.05, 0.1) is 2.83 Å². The number of rotatable bonds is 8. The Labute approximate surface area is 99.2 Å². The van der Waals surface area contributed by atoms with Crippen LogP contribution in [0.1, 0.15) is 58.3 Å². The molecule has 0 N–H and O–H groups in total. The fraction of sp³-hybridized carbons (Fsp3) is 1.00. The van der Waals surface area contributed by atoms with Gasteiger partial charge in [0.25, 0.3) is 0 Å². The highest BCUT2D eigenvalue weighted by atomic mass is 127. The molecule has 0 heterocycles. The Morgan fingerprint density at radius 1 is 1.00 bits per heavy atom. The van der Waals surface area contributed by atoms with E-state index in [0.29, 0.717) is 2.83 Å². The lowest BCUT2D eigenvalue weighted by Gasteiger charge is -2.01. The van der Waals surface area contributed by atoms with Crippen LogP contribution in [0.25, 0.3) is 0 Å². The first-order chi connectivity index (χ1) is 5.77. The lowest BCUT2D eigenvalue weighted by atomic mass is 10.1. The normalized spacial score (nSPS) is 13.2. The molecule has 0 aliphatic carbocycles. The summed E-state index contributed by atoms with van der Waals surface area (Å²) in [5.74, 6) is 0. The Hall–Kier alpha value is 1.21. The van der Waals surface area contributed by atoms with Gasteiger partial charge in [-0.15, -0.1) is 0 Å². The van der Waals surface area contributed by atoms with Gasteiger partial charge < -0.3 is 0 Å². The molecule has 0 aromatic heterocycles. The fourth-order valence-electron chi connectivity index (χ4n) is 1.26. The zero-order chi connectivity index (χ0) is 9.23. The first-order valence-electron chi connectivity index (χ1n) is 5.05. The average molecular weight is 347 g/mol. The molecule has 0 aliphatic heterocycles. The lowest BCUT2D eigenvalue weighted by Crippen LogP contribution is -1.85. The first-order valence-corrected chi connectivity index (χ1v) is 7.21. The van der Waals surface area contributed by atoms with Gasteiger partial charge in [-0.3, -0.25) is 0 Å². The Morgan fingerprint density at radius 3 is 2.00 bits per heavy atom. The van der Waals surface area contributed by atoms with E-state index in [1.807, 2.05) is 0 Å². The fourth-order valence-corrected chi connectivity index (χ4v) is 2.02. The predicted molar refractivity (Wildman–Crippen MR) is 69.3 cm³/mol. The smallest absolute Gasteiger partial charge is 0.0662 e. The summed E-state index contributed by atoms with van der Waals surface area (Å²) in [5.41, 5.74) is 0. The van der Waals surface area contributed by atoms with Gasteiger partial charge in [0.15, 0.2) is 0 Å². The van der Waals surface area contributed by atoms with Crippen LogP contribution in [0.3, 0.4) is 0 Å². The molecule has 74 valence electrons. The van der Waals surface area contributed by atoms with E-state index >= 15 is 0 Å². The van der Waals surface area contributed by atoms with Crippen LogP contribution in [-0.2, 0) is 0 Å². The van der Waals surface area contributed by atoms with Gasteiger partial charge in [-0.05, 0) is 6.42 Å². The molecular formula is C10H20BrI. The molecule has 12 heavy (non-hydrogen) atoms. The van der Waals surface area contributed by atoms with Gasteiger partial charge in [-0.1, -0.05) is 90.4 Å². The van der Waals surface area contributed by atoms with Gasteiger partial charge in [-0.2, -0.15) is 0 Å². The average Bonchev–Trinajstić information content (AvgIpc) is 2.02. The summed E-state index contributed by atoms with van der Waals surface area (Å²) < 4.78 is 0.686. The van der Waals surface area contributed by atoms with Gasteiger partial charge in [0, 0.05) is 0 Å². The standard InChI is InChI=1S/C10H20BrI/c1-2-3-4-5-6-7-8-9-10(11)12/h10H,2-9H2,1H3. The van der Waals surface area contributed by atoms with E-state index in [4.69, 9.17) is 0 Å². The van der Waals surface area contributed by atoms with Crippen molar-refractivity contribution in [2.75, 3.05) is 0 Å². The van der Waals surface area contributed by atoms with Crippen LogP contribution in [0.4, 0.5) is 0 Å². The molecule has 0 fully saturated rings. The molecule has 0 radical (unpaired) electrons. The van der Waals surface area contributed by atoms with Crippen LogP contribution in [0.15, 0.2) is 0 Å². The summed E-state index contributed by atoms with van der Waals surface area (Å²) in [6.07, 6.45) is 11.3. The molecule has 0 spiro atoms. The number of halogens is 2. The van der Waals surface area contributed by atoms with Crippen LogP contribution < -0.4 is 0 Å². The van der Waals surface area contributed by atoms with Crippen molar-refractivity contribution in [3.05, 3.63) is 0 Å². The van der Waals surface area contributed by atoms with E-state index in [1.54, 1.807) is 0 Å². The minimum atomic E-state index is 0.686. The lowest BCUT2D eigenvalue weighted by molar-refractivity contribution is 0.585. The third-order valence-electron chi connectivity index (χ3n) is 2.03. The Morgan fingerprint density at radius 2 is 1.50 bits per heavy atom. The van der Waals surface area contributed by atoms with Crippen molar-refractivity contribution in [3.8, 4) is 0 Å². The van der Waals surface area contributed by atoms with Crippen molar-refractivity contribution in [1.29, 1.82) is 0 Å². The van der Waals surface area contributed by atoms with Crippen LogP contribution in [0.5, 0.6) is 0 Å². The Balaban J connectivity index is 2.82. The Kier molecular flexibility index (Phi) is 11.3. The molecule has 0 bridgehead atoms. The number of hydrogen-bond donors (Lipinski definition) is 0. The van der Waals surface area contributed by atoms with Crippen molar-refractivity contribution in [2.24, 2.45) is 0 Å². The van der Waals surface area contributed by atoms with Gasteiger partial charge in [0.1, 0.15) is 0 Å². The summed E-state index contributed by atoms with van der Waals surface area (Å²) in [6, 6.07) is 0. The molecule has 1 unspecified atom stereocenters. The number of unbranched alkanes of at least 4 members (excludes halogenated alkanes) is 6. The molecule has 0 saturated carbocycles. The molecule has 0 aliphatic rings. The second kappa shape index (κ2) is 10.3. The van der Waals surface area contributed by atoms with Crippen molar-refractivity contribution >= 4 is 38.5 Å². The molecule has 0 saturated heterocycles. The molecule has 0 amide bonds. The van der Waals surface area contributed by atoms with Gasteiger partial charge in [0.2, 0.25) is 0 Å². The molecule has 0 rings (SSSR count). The zero-order valence-electron chi connectivity index (χ0n) is 7.99. The summed E-state index contributed by atoms with van der Waals surface area (Å²) >= 11 is 5.99. The highest BCUT2D eigenvalue weighted by molar-refractivity contribution is 14.1. The van der Waals surface area contributed by atoms with Gasteiger partial charge in [-0.25, -0.2) is 0 Å². The SMILES string of the molecule is CCCCCCCCCC(Br)I. The van der Waals surface area contributed by atoms with E-state index in [0.717, 1.165) is 0 Å². The van der Waals surface area contributed by atoms with E-state index < -0.39 is 0 Å². The molecule has 0 aromatic rings. The molecule has 1 atom stereocenters. The van der Waals surface area contributed by atoms with Crippen LogP contribution in [-0.4, -0.2) is 2.83 Å². The quantitative estimate of drug-likeness (QED) is 0.318. The Bertz CT molecular complexity index is 83.9. The van der Waals surface area contributed by atoms with E-state index in [9.17, 15) is 0 Å². The maximum Gasteiger partial charge on any atom is 0.0662 e. The van der Waals surface area contributed by atoms with Crippen molar-refractivity contribution in [2.45, 2.75) is 61.1 Å². The van der Waals surface area contributed by atoms with Crippen LogP contribution in [0.2, 0.25) is 0 Å². The maximum absolute atomic E-state index is 3.56. The topological polar surface area (TPSA) is 0 Å². The highest BCUT2D eigenvalue weighted by Gasteiger charge is 1.96. The third-order valence-corrected chi connectivity index (χ3v) is 3.11. The summed E-state index contributed by atoms with van der Waals surface area (Å²) in [5, 5.41) is 0. The van der Waals surface area contributed by atoms with Crippen molar-refractivity contribution in [1.82, 2.24) is 0 Å². The van der Waals surface area contributed by atoms with Crippen molar-refractivity contribution in [3.63, 3.8) is 0 Å². The van der Waals surface area contributed by atoms with Crippen molar-refractivity contribution < 1.29 is 0 Å². The van der Waals surface area contributed by atoms with Gasteiger partial charge >= 0.3 is 0 Å². The minimum Gasteiger partial charge on any atom is -0.0775 e. The largest absolute Gasteiger partial charge is 0.0775 e. The van der Waals surface area contributed by atoms with Crippen LogP contribution in [0, 0.1) is 0 Å². The molecule has 2 heteroatoms. The zero-order valence-corrected chi connectivity index (χ0v) is 11.7. The number of hydrogen-bond acceptors (Lipinski definition) is 0. The highest BCUT2D eigenvalue weighted by Crippen LogP contribution is 2.18. The maximum atomic E-state index is 3.56. The summed E-state index contributed by atoms with van der Waals surface area (Å²) in [7, 11) is 0. The van der Waals surface area contributed by atoms with E-state index in [2.05, 4.69) is 45.4 Å². The van der Waals surface area contributed by atoms with Crippen LogP contribution >= 0.6 is 38.5 Å².